The molecule has 4 aliphatic carbocycles. The molecular weight excluding hydrogens is 443 g/mol. The van der Waals surface area contributed by atoms with Gasteiger partial charge in [0.05, 0.1) is 18.2 Å². The van der Waals surface area contributed by atoms with Crippen LogP contribution in [-0.2, 0) is 4.79 Å². The molecule has 28 heavy (non-hydrogen) atoms. The van der Waals surface area contributed by atoms with Crippen molar-refractivity contribution in [3.8, 4) is 17.0 Å². The van der Waals surface area contributed by atoms with Crippen LogP contribution in [0, 0.1) is 23.1 Å². The summed E-state index contributed by atoms with van der Waals surface area (Å²) in [5.41, 5.74) is 1.06. The second-order valence-corrected chi connectivity index (χ2v) is 11.3. The summed E-state index contributed by atoms with van der Waals surface area (Å²) in [6.45, 7) is 0. The molecule has 4 saturated carbocycles. The predicted molar refractivity (Wildman–Crippen MR) is 111 cm³/mol. The molecule has 1 N–H and O–H groups in total. The monoisotopic (exact) mass is 464 g/mol. The summed E-state index contributed by atoms with van der Waals surface area (Å²) < 4.78 is 19.1. The fourth-order valence-corrected chi connectivity index (χ4v) is 8.10. The Morgan fingerprint density at radius 1 is 1.32 bits per heavy atom. The zero-order valence-electron chi connectivity index (χ0n) is 15.6. The van der Waals surface area contributed by atoms with Crippen LogP contribution in [-0.4, -0.2) is 22.3 Å². The number of ether oxygens (including phenoxy) is 1. The van der Waals surface area contributed by atoms with E-state index in [4.69, 9.17) is 4.74 Å². The summed E-state index contributed by atoms with van der Waals surface area (Å²) >= 11 is 5.34. The molecule has 4 fully saturated rings. The highest BCUT2D eigenvalue weighted by atomic mass is 79.9. The van der Waals surface area contributed by atoms with Crippen LogP contribution < -0.4 is 10.1 Å². The molecule has 6 rings (SSSR count). The van der Waals surface area contributed by atoms with Crippen molar-refractivity contribution in [1.29, 1.82) is 0 Å². The van der Waals surface area contributed by atoms with Crippen molar-refractivity contribution in [3.63, 3.8) is 0 Å². The highest BCUT2D eigenvalue weighted by molar-refractivity contribution is 9.10. The first-order valence-corrected chi connectivity index (χ1v) is 11.4. The lowest BCUT2D eigenvalue weighted by Gasteiger charge is -2.59. The third-order valence-electron chi connectivity index (χ3n) is 6.64. The normalized spacial score (nSPS) is 33.1. The van der Waals surface area contributed by atoms with Crippen molar-refractivity contribution < 1.29 is 13.9 Å². The minimum absolute atomic E-state index is 0.104. The summed E-state index contributed by atoms with van der Waals surface area (Å²) in [5, 5.41) is 5.50. The molecule has 0 saturated heterocycles. The quantitative estimate of drug-likeness (QED) is 0.596. The SMILES string of the molecule is COc1ccc(-c2csc(NC(=O)C34CC5CC(CC(Br)(C5)C3)C4)n2)cc1F. The molecule has 2 atom stereocenters. The van der Waals surface area contributed by atoms with E-state index in [1.807, 2.05) is 5.38 Å². The van der Waals surface area contributed by atoms with Gasteiger partial charge in [0.25, 0.3) is 0 Å². The maximum Gasteiger partial charge on any atom is 0.232 e. The Balaban J connectivity index is 1.35. The first kappa shape index (κ1) is 18.6. The van der Waals surface area contributed by atoms with E-state index in [0.717, 1.165) is 19.3 Å². The Hall–Kier alpha value is -1.47. The molecule has 1 aromatic heterocycles. The van der Waals surface area contributed by atoms with Gasteiger partial charge in [0.2, 0.25) is 5.91 Å². The van der Waals surface area contributed by atoms with Crippen molar-refractivity contribution in [3.05, 3.63) is 29.4 Å². The number of alkyl halides is 1. The molecule has 7 heteroatoms. The molecule has 4 bridgehead atoms. The van der Waals surface area contributed by atoms with Gasteiger partial charge >= 0.3 is 0 Å². The largest absolute Gasteiger partial charge is 0.494 e. The van der Waals surface area contributed by atoms with Crippen LogP contribution in [0.1, 0.15) is 38.5 Å². The van der Waals surface area contributed by atoms with Gasteiger partial charge in [-0.15, -0.1) is 11.3 Å². The van der Waals surface area contributed by atoms with E-state index in [1.165, 1.54) is 43.8 Å². The van der Waals surface area contributed by atoms with Gasteiger partial charge in [-0.2, -0.15) is 0 Å². The number of nitrogens with zero attached hydrogens (tertiary/aromatic N) is 1. The number of hydrogen-bond acceptors (Lipinski definition) is 4. The van der Waals surface area contributed by atoms with Crippen LogP contribution >= 0.6 is 27.3 Å². The van der Waals surface area contributed by atoms with Gasteiger partial charge in [-0.3, -0.25) is 4.79 Å². The fourth-order valence-electron chi connectivity index (χ4n) is 5.94. The van der Waals surface area contributed by atoms with Crippen molar-refractivity contribution in [2.24, 2.45) is 17.3 Å². The van der Waals surface area contributed by atoms with Crippen LogP contribution in [0.15, 0.2) is 23.6 Å². The average molecular weight is 465 g/mol. The van der Waals surface area contributed by atoms with Gasteiger partial charge in [0.1, 0.15) is 0 Å². The zero-order valence-corrected chi connectivity index (χ0v) is 18.0. The molecular formula is C21H22BrFN2O2S. The number of nitrogens with one attached hydrogen (secondary N) is 1. The number of benzene rings is 1. The number of rotatable bonds is 4. The zero-order chi connectivity index (χ0) is 19.5. The first-order valence-electron chi connectivity index (χ1n) is 9.68. The molecule has 0 spiro atoms. The van der Waals surface area contributed by atoms with Crippen LogP contribution in [0.4, 0.5) is 9.52 Å². The lowest BCUT2D eigenvalue weighted by atomic mass is 9.49. The van der Waals surface area contributed by atoms with E-state index in [1.54, 1.807) is 12.1 Å². The standard InChI is InChI=1S/C21H22BrFN2O2S/c1-27-17-3-2-14(5-15(17)23)16-10-28-19(24-16)25-18(26)20-6-12-4-13(7-20)9-21(22,8-12)11-20/h2-3,5,10,12-13H,4,6-9,11H2,1H3,(H,24,25,26). The number of anilines is 1. The fraction of sp³-hybridized carbons (Fsp3) is 0.524. The highest BCUT2D eigenvalue weighted by Gasteiger charge is 2.59. The molecule has 2 unspecified atom stereocenters. The van der Waals surface area contributed by atoms with E-state index < -0.39 is 5.82 Å². The van der Waals surface area contributed by atoms with Crippen molar-refractivity contribution in [2.75, 3.05) is 12.4 Å². The van der Waals surface area contributed by atoms with Crippen molar-refractivity contribution in [1.82, 2.24) is 4.98 Å². The van der Waals surface area contributed by atoms with Crippen molar-refractivity contribution in [2.45, 2.75) is 42.8 Å². The third-order valence-corrected chi connectivity index (χ3v) is 8.33. The molecule has 4 aliphatic rings. The Kier molecular flexibility index (Phi) is 4.32. The lowest BCUT2D eigenvalue weighted by molar-refractivity contribution is -0.138. The molecule has 1 amide bonds. The second kappa shape index (κ2) is 6.52. The van der Waals surface area contributed by atoms with Gasteiger partial charge < -0.3 is 10.1 Å². The maximum absolute atomic E-state index is 14.0. The number of methoxy groups -OCH3 is 1. The van der Waals surface area contributed by atoms with Gasteiger partial charge in [0, 0.05) is 15.3 Å². The average Bonchev–Trinajstić information content (AvgIpc) is 3.08. The minimum Gasteiger partial charge on any atom is -0.494 e. The number of thiazole rings is 1. The topological polar surface area (TPSA) is 51.2 Å². The summed E-state index contributed by atoms with van der Waals surface area (Å²) in [7, 11) is 1.44. The number of hydrogen-bond donors (Lipinski definition) is 1. The predicted octanol–water partition coefficient (Wildman–Crippen LogP) is 5.63. The molecule has 0 aliphatic heterocycles. The summed E-state index contributed by atoms with van der Waals surface area (Å²) in [5.74, 6) is 1.20. The number of aromatic nitrogens is 1. The Morgan fingerprint density at radius 2 is 2.07 bits per heavy atom. The van der Waals surface area contributed by atoms with Crippen LogP contribution in [0.3, 0.4) is 0 Å². The van der Waals surface area contributed by atoms with Gasteiger partial charge in [-0.1, -0.05) is 15.9 Å². The van der Waals surface area contributed by atoms with Gasteiger partial charge in [-0.25, -0.2) is 9.37 Å². The summed E-state index contributed by atoms with van der Waals surface area (Å²) in [6, 6.07) is 4.77. The van der Waals surface area contributed by atoms with Crippen LogP contribution in [0.2, 0.25) is 0 Å². The number of carbonyl (C=O) groups is 1. The Morgan fingerprint density at radius 3 is 2.71 bits per heavy atom. The second-order valence-electron chi connectivity index (χ2n) is 8.73. The van der Waals surface area contributed by atoms with E-state index >= 15 is 0 Å². The summed E-state index contributed by atoms with van der Waals surface area (Å²) in [4.78, 5) is 17.8. The maximum atomic E-state index is 14.0. The van der Waals surface area contributed by atoms with Gasteiger partial charge in [0.15, 0.2) is 16.7 Å². The molecule has 1 heterocycles. The Labute approximate surface area is 176 Å². The van der Waals surface area contributed by atoms with Crippen molar-refractivity contribution >= 4 is 38.3 Å². The minimum atomic E-state index is -0.422. The number of halogens is 2. The molecule has 2 aromatic rings. The number of amides is 1. The molecule has 4 nitrogen and oxygen atoms in total. The van der Waals surface area contributed by atoms with Crippen LogP contribution in [0.5, 0.6) is 5.75 Å². The lowest BCUT2D eigenvalue weighted by Crippen LogP contribution is -2.57. The van der Waals surface area contributed by atoms with E-state index in [9.17, 15) is 9.18 Å². The molecule has 1 aromatic carbocycles. The van der Waals surface area contributed by atoms with E-state index in [2.05, 4.69) is 26.2 Å². The third kappa shape index (κ3) is 3.07. The molecule has 148 valence electrons. The van der Waals surface area contributed by atoms with E-state index in [-0.39, 0.29) is 21.4 Å². The van der Waals surface area contributed by atoms with Gasteiger partial charge in [-0.05, 0) is 68.6 Å². The van der Waals surface area contributed by atoms with Crippen LogP contribution in [0.25, 0.3) is 11.3 Å². The molecule has 0 radical (unpaired) electrons. The first-order chi connectivity index (χ1) is 13.4. The van der Waals surface area contributed by atoms with E-state index in [0.29, 0.717) is 28.2 Å². The Bertz CT molecular complexity index is 932. The highest BCUT2D eigenvalue weighted by Crippen LogP contribution is 2.64. The number of carbonyl (C=O) groups excluding carboxylic acids is 1. The summed E-state index contributed by atoms with van der Waals surface area (Å²) in [6.07, 6.45) is 6.56. The smallest absolute Gasteiger partial charge is 0.232 e.